The molecule has 2 bridgehead atoms. The lowest BCUT2D eigenvalue weighted by Gasteiger charge is -2.43. The Morgan fingerprint density at radius 3 is 2.65 bits per heavy atom. The summed E-state index contributed by atoms with van der Waals surface area (Å²) < 4.78 is 0. The van der Waals surface area contributed by atoms with E-state index in [2.05, 4.69) is 44.8 Å². The second-order valence-electron chi connectivity index (χ2n) is 6.85. The molecule has 0 aromatic carbocycles. The Morgan fingerprint density at radius 1 is 1.29 bits per heavy atom. The van der Waals surface area contributed by atoms with Crippen LogP contribution in [0.1, 0.15) is 53.4 Å². The summed E-state index contributed by atoms with van der Waals surface area (Å²) in [4.78, 5) is 0. The third kappa shape index (κ3) is 2.53. The van der Waals surface area contributed by atoms with E-state index in [1.165, 1.54) is 43.7 Å². The summed E-state index contributed by atoms with van der Waals surface area (Å²) in [5, 5.41) is 3.89. The summed E-state index contributed by atoms with van der Waals surface area (Å²) in [6, 6.07) is 0.750. The van der Waals surface area contributed by atoms with E-state index < -0.39 is 0 Å². The first-order chi connectivity index (χ1) is 8.00. The molecule has 0 amide bonds. The van der Waals surface area contributed by atoms with Gasteiger partial charge in [-0.05, 0) is 60.5 Å². The molecule has 0 radical (unpaired) electrons. The zero-order valence-corrected chi connectivity index (χ0v) is 12.8. The average Bonchev–Trinajstić information content (AvgIpc) is 2.73. The summed E-state index contributed by atoms with van der Waals surface area (Å²) in [6.45, 7) is 10.9. The van der Waals surface area contributed by atoms with Gasteiger partial charge in [-0.3, -0.25) is 0 Å². The quantitative estimate of drug-likeness (QED) is 0.722. The summed E-state index contributed by atoms with van der Waals surface area (Å²) in [5.41, 5.74) is 1.11. The molecule has 2 rings (SSSR count). The molecule has 3 atom stereocenters. The molecular weight excluding hydrogens is 226 g/mol. The van der Waals surface area contributed by atoms with E-state index in [0.29, 0.717) is 10.8 Å². The highest BCUT2D eigenvalue weighted by atomic mass is 32.2. The summed E-state index contributed by atoms with van der Waals surface area (Å²) >= 11 is 2.06. The van der Waals surface area contributed by atoms with Crippen molar-refractivity contribution in [1.29, 1.82) is 0 Å². The van der Waals surface area contributed by atoms with Gasteiger partial charge in [0.1, 0.15) is 0 Å². The normalized spacial score (nSPS) is 38.8. The van der Waals surface area contributed by atoms with E-state index in [1.54, 1.807) is 0 Å². The molecule has 3 unspecified atom stereocenters. The average molecular weight is 255 g/mol. The molecule has 100 valence electrons. The van der Waals surface area contributed by atoms with Crippen molar-refractivity contribution in [1.82, 2.24) is 5.32 Å². The second kappa shape index (κ2) is 5.13. The number of rotatable bonds is 6. The van der Waals surface area contributed by atoms with E-state index in [9.17, 15) is 0 Å². The van der Waals surface area contributed by atoms with Crippen LogP contribution in [0.15, 0.2) is 0 Å². The molecule has 0 aromatic rings. The Kier molecular flexibility index (Phi) is 4.14. The van der Waals surface area contributed by atoms with Crippen LogP contribution < -0.4 is 5.32 Å². The molecule has 0 spiro atoms. The zero-order valence-electron chi connectivity index (χ0n) is 12.0. The molecule has 2 aliphatic rings. The first kappa shape index (κ1) is 13.7. The standard InChI is InChI=1S/C15H29NS/c1-5-17-10-6-9-16-13-14(2,3)12-7-8-15(13,4)11-12/h12-13,16H,5-11H2,1-4H3. The lowest BCUT2D eigenvalue weighted by atomic mass is 9.68. The van der Waals surface area contributed by atoms with Crippen molar-refractivity contribution in [3.63, 3.8) is 0 Å². The van der Waals surface area contributed by atoms with Gasteiger partial charge in [-0.2, -0.15) is 11.8 Å². The maximum absolute atomic E-state index is 3.89. The Bertz CT molecular complexity index is 259. The van der Waals surface area contributed by atoms with Crippen LogP contribution in [0.2, 0.25) is 0 Å². The third-order valence-corrected chi connectivity index (χ3v) is 6.27. The fourth-order valence-corrected chi connectivity index (χ4v) is 5.01. The van der Waals surface area contributed by atoms with Crippen molar-refractivity contribution >= 4 is 11.8 Å². The van der Waals surface area contributed by atoms with E-state index >= 15 is 0 Å². The highest BCUT2D eigenvalue weighted by Gasteiger charge is 2.58. The molecule has 2 saturated carbocycles. The van der Waals surface area contributed by atoms with Crippen LogP contribution in [0.5, 0.6) is 0 Å². The maximum Gasteiger partial charge on any atom is 0.0175 e. The van der Waals surface area contributed by atoms with Crippen LogP contribution in [0.4, 0.5) is 0 Å². The second-order valence-corrected chi connectivity index (χ2v) is 8.25. The summed E-state index contributed by atoms with van der Waals surface area (Å²) in [5.74, 6) is 3.54. The summed E-state index contributed by atoms with van der Waals surface area (Å²) in [6.07, 6.45) is 5.70. The molecule has 2 fully saturated rings. The topological polar surface area (TPSA) is 12.0 Å². The number of fused-ring (bicyclic) bond motifs is 2. The molecule has 0 saturated heterocycles. The molecule has 0 aromatic heterocycles. The van der Waals surface area contributed by atoms with Gasteiger partial charge in [0.15, 0.2) is 0 Å². The molecule has 1 N–H and O–H groups in total. The minimum Gasteiger partial charge on any atom is -0.313 e. The van der Waals surface area contributed by atoms with Crippen LogP contribution in [0, 0.1) is 16.7 Å². The maximum atomic E-state index is 3.89. The predicted octanol–water partition coefficient (Wildman–Crippen LogP) is 3.93. The molecule has 1 nitrogen and oxygen atoms in total. The van der Waals surface area contributed by atoms with Crippen LogP contribution in [0.25, 0.3) is 0 Å². The first-order valence-corrected chi connectivity index (χ1v) is 8.47. The Morgan fingerprint density at radius 2 is 2.06 bits per heavy atom. The van der Waals surface area contributed by atoms with Crippen molar-refractivity contribution < 1.29 is 0 Å². The van der Waals surface area contributed by atoms with Gasteiger partial charge in [0.05, 0.1) is 0 Å². The fraction of sp³-hybridized carbons (Fsp3) is 1.00. The van der Waals surface area contributed by atoms with Gasteiger partial charge in [0.2, 0.25) is 0 Å². The SMILES string of the molecule is CCSCCCNC1C2(C)CCC(C2)C1(C)C. The molecule has 0 aliphatic heterocycles. The van der Waals surface area contributed by atoms with Crippen LogP contribution in [-0.2, 0) is 0 Å². The Hall–Kier alpha value is 0.310. The third-order valence-electron chi connectivity index (χ3n) is 5.29. The number of thioether (sulfide) groups is 1. The lowest BCUT2D eigenvalue weighted by Crippen LogP contribution is -2.50. The Balaban J connectivity index is 1.83. The first-order valence-electron chi connectivity index (χ1n) is 7.32. The number of hydrogen-bond donors (Lipinski definition) is 1. The molecule has 2 aliphatic carbocycles. The van der Waals surface area contributed by atoms with Crippen molar-refractivity contribution in [2.75, 3.05) is 18.1 Å². The van der Waals surface area contributed by atoms with Crippen LogP contribution >= 0.6 is 11.8 Å². The molecular formula is C15H29NS. The van der Waals surface area contributed by atoms with Crippen molar-refractivity contribution in [2.24, 2.45) is 16.7 Å². The van der Waals surface area contributed by atoms with Gasteiger partial charge in [-0.15, -0.1) is 0 Å². The molecule has 17 heavy (non-hydrogen) atoms. The van der Waals surface area contributed by atoms with E-state index in [-0.39, 0.29) is 0 Å². The van der Waals surface area contributed by atoms with Gasteiger partial charge in [0, 0.05) is 6.04 Å². The van der Waals surface area contributed by atoms with Gasteiger partial charge >= 0.3 is 0 Å². The lowest BCUT2D eigenvalue weighted by molar-refractivity contribution is 0.110. The fourth-order valence-electron chi connectivity index (χ4n) is 4.38. The van der Waals surface area contributed by atoms with Crippen LogP contribution in [-0.4, -0.2) is 24.1 Å². The van der Waals surface area contributed by atoms with Gasteiger partial charge < -0.3 is 5.32 Å². The van der Waals surface area contributed by atoms with Gasteiger partial charge in [-0.25, -0.2) is 0 Å². The van der Waals surface area contributed by atoms with E-state index in [0.717, 1.165) is 12.0 Å². The summed E-state index contributed by atoms with van der Waals surface area (Å²) in [7, 11) is 0. The molecule has 2 heteroatoms. The minimum atomic E-state index is 0.519. The largest absolute Gasteiger partial charge is 0.313 e. The predicted molar refractivity (Wildman–Crippen MR) is 78.6 cm³/mol. The van der Waals surface area contributed by atoms with Gasteiger partial charge in [-0.1, -0.05) is 27.7 Å². The van der Waals surface area contributed by atoms with Crippen molar-refractivity contribution in [3.05, 3.63) is 0 Å². The number of hydrogen-bond acceptors (Lipinski definition) is 2. The smallest absolute Gasteiger partial charge is 0.0175 e. The number of nitrogens with one attached hydrogen (secondary N) is 1. The molecule has 0 heterocycles. The van der Waals surface area contributed by atoms with Gasteiger partial charge in [0.25, 0.3) is 0 Å². The highest BCUT2D eigenvalue weighted by molar-refractivity contribution is 7.99. The van der Waals surface area contributed by atoms with Crippen molar-refractivity contribution in [2.45, 2.75) is 59.4 Å². The van der Waals surface area contributed by atoms with E-state index in [4.69, 9.17) is 0 Å². The Labute approximate surface area is 112 Å². The highest BCUT2D eigenvalue weighted by Crippen LogP contribution is 2.62. The van der Waals surface area contributed by atoms with Crippen LogP contribution in [0.3, 0.4) is 0 Å². The monoisotopic (exact) mass is 255 g/mol. The van der Waals surface area contributed by atoms with Crippen molar-refractivity contribution in [3.8, 4) is 0 Å². The minimum absolute atomic E-state index is 0.519. The van der Waals surface area contributed by atoms with E-state index in [1.807, 2.05) is 0 Å². The zero-order chi connectivity index (χ0) is 12.5.